The normalized spacial score (nSPS) is 11.2. The molecule has 4 aromatic rings. The average Bonchev–Trinajstić information content (AvgIpc) is 3.17. The first-order valence-corrected chi connectivity index (χ1v) is 8.09. The molecule has 0 fully saturated rings. The van der Waals surface area contributed by atoms with E-state index in [9.17, 15) is 0 Å². The largest absolute Gasteiger partial charge is 0.334 e. The molecule has 0 amide bonds. The Morgan fingerprint density at radius 3 is 2.67 bits per heavy atom. The molecule has 0 spiro atoms. The lowest BCUT2D eigenvalue weighted by Crippen LogP contribution is -2.04. The molecule has 5 nitrogen and oxygen atoms in total. The van der Waals surface area contributed by atoms with Crippen molar-refractivity contribution < 1.29 is 4.52 Å². The van der Waals surface area contributed by atoms with Gasteiger partial charge in [0.25, 0.3) is 5.89 Å². The molecule has 2 heterocycles. The van der Waals surface area contributed by atoms with Gasteiger partial charge in [-0.25, -0.2) is 4.98 Å². The Hall–Kier alpha value is -2.66. The zero-order valence-corrected chi connectivity index (χ0v) is 13.9. The molecule has 24 heavy (non-hydrogen) atoms. The molecule has 0 aliphatic heterocycles. The zero-order chi connectivity index (χ0) is 16.5. The van der Waals surface area contributed by atoms with E-state index in [1.165, 1.54) is 0 Å². The molecular formula is C18H15ClN4O. The van der Waals surface area contributed by atoms with Crippen molar-refractivity contribution in [3.63, 3.8) is 0 Å². The quantitative estimate of drug-likeness (QED) is 0.557. The monoisotopic (exact) mass is 338 g/mol. The number of fused-ring (bicyclic) bond motifs is 1. The molecule has 6 heteroatoms. The first-order chi connectivity index (χ1) is 11.7. The molecule has 0 aliphatic rings. The van der Waals surface area contributed by atoms with Crippen LogP contribution in [-0.2, 0) is 13.0 Å². The third kappa shape index (κ3) is 2.78. The van der Waals surface area contributed by atoms with Gasteiger partial charge in [0.05, 0.1) is 11.0 Å². The molecule has 120 valence electrons. The molecule has 0 bridgehead atoms. The maximum Gasteiger partial charge on any atom is 0.257 e. The highest BCUT2D eigenvalue weighted by Gasteiger charge is 2.11. The molecule has 2 aromatic carbocycles. The van der Waals surface area contributed by atoms with Crippen LogP contribution in [0.25, 0.3) is 22.5 Å². The van der Waals surface area contributed by atoms with E-state index in [4.69, 9.17) is 16.1 Å². The van der Waals surface area contributed by atoms with Gasteiger partial charge >= 0.3 is 0 Å². The van der Waals surface area contributed by atoms with Crippen LogP contribution in [0.5, 0.6) is 0 Å². The summed E-state index contributed by atoms with van der Waals surface area (Å²) in [6, 6.07) is 15.5. The van der Waals surface area contributed by atoms with Crippen molar-refractivity contribution in [1.82, 2.24) is 19.7 Å². The van der Waals surface area contributed by atoms with Crippen LogP contribution in [-0.4, -0.2) is 19.7 Å². The fourth-order valence-corrected chi connectivity index (χ4v) is 2.88. The number of halogens is 1. The van der Waals surface area contributed by atoms with E-state index >= 15 is 0 Å². The van der Waals surface area contributed by atoms with E-state index in [-0.39, 0.29) is 0 Å². The smallest absolute Gasteiger partial charge is 0.257 e. The van der Waals surface area contributed by atoms with Gasteiger partial charge in [-0.3, -0.25) is 0 Å². The maximum atomic E-state index is 5.90. The second-order valence-corrected chi connectivity index (χ2v) is 6.01. The van der Waals surface area contributed by atoms with Crippen LogP contribution in [0.4, 0.5) is 0 Å². The number of rotatable bonds is 4. The fraction of sp³-hybridized carbons (Fsp3) is 0.167. The van der Waals surface area contributed by atoms with Crippen LogP contribution in [0.15, 0.2) is 53.1 Å². The lowest BCUT2D eigenvalue weighted by atomic mass is 10.2. The number of hydrogen-bond donors (Lipinski definition) is 0. The van der Waals surface area contributed by atoms with Crippen LogP contribution in [0.3, 0.4) is 0 Å². The number of nitrogens with zero attached hydrogens (tertiary/aromatic N) is 4. The van der Waals surface area contributed by atoms with Crippen LogP contribution >= 0.6 is 11.6 Å². The highest BCUT2D eigenvalue weighted by atomic mass is 35.5. The summed E-state index contributed by atoms with van der Waals surface area (Å²) < 4.78 is 7.52. The Bertz CT molecular complexity index is 988. The number of aromatic nitrogens is 4. The summed E-state index contributed by atoms with van der Waals surface area (Å²) in [4.78, 5) is 9.04. The van der Waals surface area contributed by atoms with Crippen molar-refractivity contribution >= 4 is 22.6 Å². The number of benzene rings is 2. The zero-order valence-electron chi connectivity index (χ0n) is 13.1. The van der Waals surface area contributed by atoms with Crippen molar-refractivity contribution in [1.29, 1.82) is 0 Å². The van der Waals surface area contributed by atoms with Gasteiger partial charge in [0.15, 0.2) is 5.82 Å². The second-order valence-electron chi connectivity index (χ2n) is 5.57. The highest BCUT2D eigenvalue weighted by Crippen LogP contribution is 2.20. The minimum Gasteiger partial charge on any atom is -0.334 e. The molecular weight excluding hydrogens is 324 g/mol. The van der Waals surface area contributed by atoms with E-state index in [1.54, 1.807) is 0 Å². The standard InChI is InChI=1S/C18H15ClN4O/c1-12-20-15-4-2-3-5-16(15)23(12)11-10-17-21-18(24-22-17)13-6-8-14(19)9-7-13/h2-9H,10-11H2,1H3. The van der Waals surface area contributed by atoms with Crippen LogP contribution < -0.4 is 0 Å². The topological polar surface area (TPSA) is 56.7 Å². The molecule has 0 radical (unpaired) electrons. The molecule has 0 atom stereocenters. The van der Waals surface area contributed by atoms with Gasteiger partial charge in [0, 0.05) is 23.6 Å². The molecule has 0 unspecified atom stereocenters. The minimum atomic E-state index is 0.508. The lowest BCUT2D eigenvalue weighted by molar-refractivity contribution is 0.420. The molecule has 4 rings (SSSR count). The Morgan fingerprint density at radius 1 is 1.04 bits per heavy atom. The third-order valence-electron chi connectivity index (χ3n) is 3.96. The summed E-state index contributed by atoms with van der Waals surface area (Å²) in [6.07, 6.45) is 0.679. The Kier molecular flexibility index (Phi) is 3.78. The number of aryl methyl sites for hydroxylation is 3. The van der Waals surface area contributed by atoms with E-state index in [1.807, 2.05) is 49.4 Å². The van der Waals surface area contributed by atoms with Gasteiger partial charge in [0.1, 0.15) is 5.82 Å². The van der Waals surface area contributed by atoms with Crippen LogP contribution in [0, 0.1) is 6.92 Å². The molecule has 2 aromatic heterocycles. The van der Waals surface area contributed by atoms with Gasteiger partial charge in [-0.05, 0) is 43.3 Å². The predicted octanol–water partition coefficient (Wildman–Crippen LogP) is 4.29. The van der Waals surface area contributed by atoms with E-state index in [0.717, 1.165) is 29.0 Å². The summed E-state index contributed by atoms with van der Waals surface area (Å²) >= 11 is 5.90. The van der Waals surface area contributed by atoms with Crippen molar-refractivity contribution in [2.24, 2.45) is 0 Å². The van der Waals surface area contributed by atoms with Gasteiger partial charge in [0.2, 0.25) is 0 Å². The Morgan fingerprint density at radius 2 is 1.83 bits per heavy atom. The van der Waals surface area contributed by atoms with Crippen LogP contribution in [0.2, 0.25) is 5.02 Å². The lowest BCUT2D eigenvalue weighted by Gasteiger charge is -2.04. The first-order valence-electron chi connectivity index (χ1n) is 7.71. The van der Waals surface area contributed by atoms with Crippen molar-refractivity contribution in [3.8, 4) is 11.5 Å². The molecule has 0 saturated carbocycles. The summed E-state index contributed by atoms with van der Waals surface area (Å²) in [5.41, 5.74) is 2.99. The van der Waals surface area contributed by atoms with Crippen molar-refractivity contribution in [2.45, 2.75) is 19.9 Å². The van der Waals surface area contributed by atoms with Gasteiger partial charge in [-0.1, -0.05) is 28.9 Å². The third-order valence-corrected chi connectivity index (χ3v) is 4.22. The molecule has 0 aliphatic carbocycles. The predicted molar refractivity (Wildman–Crippen MR) is 92.9 cm³/mol. The summed E-state index contributed by atoms with van der Waals surface area (Å²) in [7, 11) is 0. The minimum absolute atomic E-state index is 0.508. The Labute approximate surface area is 143 Å². The first kappa shape index (κ1) is 14.9. The summed E-state index contributed by atoms with van der Waals surface area (Å²) in [5.74, 6) is 2.17. The van der Waals surface area contributed by atoms with Crippen LogP contribution in [0.1, 0.15) is 11.6 Å². The number of hydrogen-bond acceptors (Lipinski definition) is 4. The van der Waals surface area contributed by atoms with Gasteiger partial charge in [-0.15, -0.1) is 0 Å². The maximum absolute atomic E-state index is 5.90. The SMILES string of the molecule is Cc1nc2ccccc2n1CCc1noc(-c2ccc(Cl)cc2)n1. The number of imidazole rings is 1. The van der Waals surface area contributed by atoms with Crippen molar-refractivity contribution in [2.75, 3.05) is 0 Å². The van der Waals surface area contributed by atoms with Gasteiger partial charge in [-0.2, -0.15) is 4.98 Å². The Balaban J connectivity index is 1.54. The summed E-state index contributed by atoms with van der Waals surface area (Å²) in [5, 5.41) is 4.75. The summed E-state index contributed by atoms with van der Waals surface area (Å²) in [6.45, 7) is 2.77. The second kappa shape index (κ2) is 6.09. The van der Waals surface area contributed by atoms with E-state index in [2.05, 4.69) is 25.8 Å². The molecule has 0 saturated heterocycles. The van der Waals surface area contributed by atoms with E-state index in [0.29, 0.717) is 23.2 Å². The average molecular weight is 339 g/mol. The van der Waals surface area contributed by atoms with Gasteiger partial charge < -0.3 is 9.09 Å². The van der Waals surface area contributed by atoms with Crippen molar-refractivity contribution in [3.05, 3.63) is 65.2 Å². The molecule has 0 N–H and O–H groups in total. The number of para-hydroxylation sites is 2. The highest BCUT2D eigenvalue weighted by molar-refractivity contribution is 6.30. The fourth-order valence-electron chi connectivity index (χ4n) is 2.76. The van der Waals surface area contributed by atoms with E-state index < -0.39 is 0 Å².